The van der Waals surface area contributed by atoms with Gasteiger partial charge in [-0.2, -0.15) is 8.42 Å². The van der Waals surface area contributed by atoms with E-state index in [4.69, 9.17) is 9.15 Å². The Hall–Kier alpha value is -4.09. The summed E-state index contributed by atoms with van der Waals surface area (Å²) in [6.45, 7) is 1.80. The molecule has 2 aromatic heterocycles. The molecule has 2 heterocycles. The van der Waals surface area contributed by atoms with Crippen molar-refractivity contribution in [3.05, 3.63) is 93.9 Å². The number of ether oxygens (including phenoxy) is 1. The standard InChI is InChI=1S/C23H20N4O6S/c1-14-18-8-7-17(32-23(29)21-25-9-4-10-26-21)13-20(18)33-22(28)19(14)12-15-5-3-6-16(11-15)27-34(30,31)24-2/h3-11,13,24,27H,12H2,1-2H3. The molecular formula is C23H20N4O6S. The fourth-order valence-corrected chi connectivity index (χ4v) is 3.89. The van der Waals surface area contributed by atoms with Crippen molar-refractivity contribution < 1.29 is 22.4 Å². The first-order valence-electron chi connectivity index (χ1n) is 10.1. The van der Waals surface area contributed by atoms with Gasteiger partial charge in [-0.15, -0.1) is 0 Å². The van der Waals surface area contributed by atoms with E-state index in [0.29, 0.717) is 22.2 Å². The molecule has 0 aliphatic carbocycles. The Labute approximate surface area is 194 Å². The Balaban J connectivity index is 1.61. The third kappa shape index (κ3) is 5.11. The van der Waals surface area contributed by atoms with Gasteiger partial charge in [0.15, 0.2) is 0 Å². The summed E-state index contributed by atoms with van der Waals surface area (Å²) in [7, 11) is -2.36. The topological polar surface area (TPSA) is 140 Å². The Bertz CT molecular complexity index is 1530. The predicted molar refractivity (Wildman–Crippen MR) is 125 cm³/mol. The highest BCUT2D eigenvalue weighted by Gasteiger charge is 2.16. The molecular weight excluding hydrogens is 460 g/mol. The molecule has 0 amide bonds. The molecule has 10 nitrogen and oxygen atoms in total. The molecule has 0 bridgehead atoms. The van der Waals surface area contributed by atoms with Crippen molar-refractivity contribution in [2.24, 2.45) is 0 Å². The van der Waals surface area contributed by atoms with E-state index in [9.17, 15) is 18.0 Å². The maximum atomic E-state index is 12.8. The van der Waals surface area contributed by atoms with Crippen LogP contribution < -0.4 is 19.8 Å². The van der Waals surface area contributed by atoms with E-state index in [-0.39, 0.29) is 23.6 Å². The fraction of sp³-hybridized carbons (Fsp3) is 0.130. The number of hydrogen-bond acceptors (Lipinski definition) is 8. The number of esters is 1. The molecule has 0 aliphatic heterocycles. The summed E-state index contributed by atoms with van der Waals surface area (Å²) in [6.07, 6.45) is 3.10. The highest BCUT2D eigenvalue weighted by Crippen LogP contribution is 2.26. The van der Waals surface area contributed by atoms with Gasteiger partial charge in [0.05, 0.1) is 5.69 Å². The van der Waals surface area contributed by atoms with Crippen LogP contribution in [0.2, 0.25) is 0 Å². The van der Waals surface area contributed by atoms with Gasteiger partial charge in [0.2, 0.25) is 5.82 Å². The molecule has 0 fully saturated rings. The molecule has 174 valence electrons. The molecule has 0 atom stereocenters. The second kappa shape index (κ2) is 9.41. The van der Waals surface area contributed by atoms with E-state index < -0.39 is 21.8 Å². The maximum Gasteiger partial charge on any atom is 0.381 e. The van der Waals surface area contributed by atoms with Crippen LogP contribution in [0.4, 0.5) is 5.69 Å². The summed E-state index contributed by atoms with van der Waals surface area (Å²) in [5, 5.41) is 0.678. The highest BCUT2D eigenvalue weighted by molar-refractivity contribution is 7.90. The zero-order valence-corrected chi connectivity index (χ0v) is 19.0. The third-order valence-electron chi connectivity index (χ3n) is 5.05. The van der Waals surface area contributed by atoms with E-state index in [0.717, 1.165) is 5.56 Å². The minimum absolute atomic E-state index is 0.0881. The van der Waals surface area contributed by atoms with Crippen LogP contribution in [0.1, 0.15) is 27.3 Å². The number of aryl methyl sites for hydroxylation is 1. The van der Waals surface area contributed by atoms with E-state index in [2.05, 4.69) is 19.4 Å². The second-order valence-corrected chi connectivity index (χ2v) is 8.92. The SMILES string of the molecule is CNS(=O)(=O)Nc1cccc(Cc2c(C)c3ccc(OC(=O)c4ncccn4)cc3oc2=O)c1. The number of benzene rings is 2. The number of hydrogen-bond donors (Lipinski definition) is 2. The summed E-state index contributed by atoms with van der Waals surface area (Å²) in [4.78, 5) is 32.6. The van der Waals surface area contributed by atoms with Gasteiger partial charge in [0, 0.05) is 42.9 Å². The van der Waals surface area contributed by atoms with Crippen LogP contribution in [-0.4, -0.2) is 31.4 Å². The van der Waals surface area contributed by atoms with Crippen LogP contribution >= 0.6 is 0 Å². The molecule has 34 heavy (non-hydrogen) atoms. The van der Waals surface area contributed by atoms with Crippen molar-refractivity contribution in [3.8, 4) is 5.75 Å². The lowest BCUT2D eigenvalue weighted by atomic mass is 9.99. The lowest BCUT2D eigenvalue weighted by Crippen LogP contribution is -2.26. The molecule has 4 aromatic rings. The normalized spacial score (nSPS) is 11.4. The van der Waals surface area contributed by atoms with E-state index in [1.807, 2.05) is 0 Å². The second-order valence-electron chi connectivity index (χ2n) is 7.30. The van der Waals surface area contributed by atoms with Crippen LogP contribution in [0.25, 0.3) is 11.0 Å². The van der Waals surface area contributed by atoms with Crippen LogP contribution in [-0.2, 0) is 16.6 Å². The predicted octanol–water partition coefficient (Wildman–Crippen LogP) is 2.58. The summed E-state index contributed by atoms with van der Waals surface area (Å²) in [5.41, 5.74) is 1.95. The monoisotopic (exact) mass is 480 g/mol. The van der Waals surface area contributed by atoms with Crippen molar-refractivity contribution in [3.63, 3.8) is 0 Å². The first kappa shape index (κ1) is 23.1. The van der Waals surface area contributed by atoms with E-state index in [1.54, 1.807) is 49.4 Å². The largest absolute Gasteiger partial charge is 0.422 e. The molecule has 0 unspecified atom stereocenters. The molecule has 0 saturated carbocycles. The van der Waals surface area contributed by atoms with E-state index in [1.165, 1.54) is 25.5 Å². The number of rotatable bonds is 7. The Morgan fingerprint density at radius 1 is 1.09 bits per heavy atom. The zero-order chi connectivity index (χ0) is 24.3. The number of carbonyl (C=O) groups excluding carboxylic acids is 1. The number of aromatic nitrogens is 2. The number of carbonyl (C=O) groups is 1. The lowest BCUT2D eigenvalue weighted by Gasteiger charge is -2.11. The van der Waals surface area contributed by atoms with E-state index >= 15 is 0 Å². The van der Waals surface area contributed by atoms with Crippen molar-refractivity contribution in [1.82, 2.24) is 14.7 Å². The Kier molecular flexibility index (Phi) is 6.39. The first-order chi connectivity index (χ1) is 16.3. The number of fused-ring (bicyclic) bond motifs is 1. The Morgan fingerprint density at radius 3 is 2.59 bits per heavy atom. The van der Waals surface area contributed by atoms with Crippen molar-refractivity contribution in [2.75, 3.05) is 11.8 Å². The van der Waals surface area contributed by atoms with Gasteiger partial charge in [0.25, 0.3) is 10.2 Å². The molecule has 0 saturated heterocycles. The average Bonchev–Trinajstić information content (AvgIpc) is 2.82. The van der Waals surface area contributed by atoms with Crippen molar-refractivity contribution in [2.45, 2.75) is 13.3 Å². The molecule has 2 N–H and O–H groups in total. The number of nitrogens with zero attached hydrogens (tertiary/aromatic N) is 2. The van der Waals surface area contributed by atoms with Crippen molar-refractivity contribution in [1.29, 1.82) is 0 Å². The maximum absolute atomic E-state index is 12.8. The van der Waals surface area contributed by atoms with Crippen molar-refractivity contribution >= 4 is 32.8 Å². The molecule has 0 spiro atoms. The van der Waals surface area contributed by atoms with Gasteiger partial charge in [-0.3, -0.25) is 4.72 Å². The zero-order valence-electron chi connectivity index (χ0n) is 18.2. The number of anilines is 1. The van der Waals surface area contributed by atoms with Crippen LogP contribution in [0.3, 0.4) is 0 Å². The summed E-state index contributed by atoms with van der Waals surface area (Å²) in [6, 6.07) is 13.1. The summed E-state index contributed by atoms with van der Waals surface area (Å²) >= 11 is 0. The first-order valence-corrected chi connectivity index (χ1v) is 11.6. The van der Waals surface area contributed by atoms with Gasteiger partial charge in [-0.25, -0.2) is 24.3 Å². The molecule has 0 radical (unpaired) electrons. The number of nitrogens with one attached hydrogen (secondary N) is 2. The summed E-state index contributed by atoms with van der Waals surface area (Å²) < 4.78 is 38.9. The third-order valence-corrected chi connectivity index (χ3v) is 6.09. The minimum Gasteiger partial charge on any atom is -0.422 e. The Morgan fingerprint density at radius 2 is 1.85 bits per heavy atom. The summed E-state index contributed by atoms with van der Waals surface area (Å²) in [5.74, 6) is -0.635. The van der Waals surface area contributed by atoms with Crippen LogP contribution in [0, 0.1) is 6.92 Å². The van der Waals surface area contributed by atoms with Crippen LogP contribution in [0.5, 0.6) is 5.75 Å². The average molecular weight is 481 g/mol. The van der Waals surface area contributed by atoms with Gasteiger partial charge in [-0.1, -0.05) is 12.1 Å². The molecule has 2 aromatic carbocycles. The van der Waals surface area contributed by atoms with Crippen LogP contribution in [0.15, 0.2) is 70.1 Å². The van der Waals surface area contributed by atoms with Gasteiger partial charge >= 0.3 is 11.6 Å². The van der Waals surface area contributed by atoms with Gasteiger partial charge in [-0.05, 0) is 48.4 Å². The lowest BCUT2D eigenvalue weighted by molar-refractivity contribution is 0.0722. The highest BCUT2D eigenvalue weighted by atomic mass is 32.2. The van der Waals surface area contributed by atoms with Gasteiger partial charge < -0.3 is 9.15 Å². The van der Waals surface area contributed by atoms with Gasteiger partial charge in [0.1, 0.15) is 11.3 Å². The smallest absolute Gasteiger partial charge is 0.381 e. The molecule has 0 aliphatic rings. The quantitative estimate of drug-likeness (QED) is 0.234. The molecule has 11 heteroatoms. The molecule has 4 rings (SSSR count). The fourth-order valence-electron chi connectivity index (χ4n) is 3.35. The minimum atomic E-state index is -3.66.